The van der Waals surface area contributed by atoms with Crippen molar-refractivity contribution in [3.05, 3.63) is 89.0 Å². The maximum absolute atomic E-state index is 13.9. The lowest BCUT2D eigenvalue weighted by Crippen LogP contribution is -2.25. The van der Waals surface area contributed by atoms with Crippen molar-refractivity contribution in [3.63, 3.8) is 0 Å². The molecule has 0 atom stereocenters. The first kappa shape index (κ1) is 32.7. The second kappa shape index (κ2) is 14.9. The Morgan fingerprint density at radius 2 is 1.48 bits per heavy atom. The van der Waals surface area contributed by atoms with Gasteiger partial charge in [-0.15, -0.1) is 0 Å². The zero-order chi connectivity index (χ0) is 30.8. The molecule has 0 aliphatic rings. The number of carbonyl (C=O) groups is 2. The maximum atomic E-state index is 13.9. The third-order valence-corrected chi connectivity index (χ3v) is 7.08. The molecule has 5 nitrogen and oxygen atoms in total. The Morgan fingerprint density at radius 3 is 2.10 bits per heavy atom. The number of benzene rings is 3. The predicted molar refractivity (Wildman–Crippen MR) is 159 cm³/mol. The van der Waals surface area contributed by atoms with E-state index in [0.29, 0.717) is 17.7 Å². The van der Waals surface area contributed by atoms with Crippen LogP contribution in [0.2, 0.25) is 0 Å². The molecule has 2 N–H and O–H groups in total. The van der Waals surface area contributed by atoms with Crippen LogP contribution in [0.5, 0.6) is 5.75 Å². The number of nitrogens with one attached hydrogen (secondary N) is 1. The summed E-state index contributed by atoms with van der Waals surface area (Å²) in [7, 11) is 0. The number of hydrogen-bond acceptors (Lipinski definition) is 3. The Labute approximate surface area is 246 Å². The van der Waals surface area contributed by atoms with Crippen LogP contribution in [0, 0.1) is 0 Å². The molecule has 0 heterocycles. The second-order valence-corrected chi connectivity index (χ2v) is 11.5. The van der Waals surface area contributed by atoms with Crippen LogP contribution in [0.15, 0.2) is 66.7 Å². The SMILES string of the molecule is CC(C)(C)c1ccc(-c2ccc(OCCCCCCCc3ccc(C(=O)NCCC(=O)O)cc3)cc2C(F)(F)F)cc1. The number of aryl methyl sites for hydroxylation is 1. The quantitative estimate of drug-likeness (QED) is 0.187. The van der Waals surface area contributed by atoms with Crippen LogP contribution in [0.3, 0.4) is 0 Å². The largest absolute Gasteiger partial charge is 0.494 e. The summed E-state index contributed by atoms with van der Waals surface area (Å²) in [6.07, 6.45) is 0.925. The summed E-state index contributed by atoms with van der Waals surface area (Å²) in [4.78, 5) is 22.6. The molecular weight excluding hydrogens is 543 g/mol. The molecule has 3 aromatic rings. The van der Waals surface area contributed by atoms with Crippen molar-refractivity contribution in [1.82, 2.24) is 5.32 Å². The molecule has 0 aliphatic carbocycles. The van der Waals surface area contributed by atoms with Gasteiger partial charge in [-0.05, 0) is 71.2 Å². The monoisotopic (exact) mass is 583 g/mol. The zero-order valence-corrected chi connectivity index (χ0v) is 24.5. The molecule has 0 unspecified atom stereocenters. The summed E-state index contributed by atoms with van der Waals surface area (Å²) in [5.74, 6) is -1.03. The molecular formula is C34H40F3NO4. The lowest BCUT2D eigenvalue weighted by molar-refractivity contribution is -0.137. The summed E-state index contributed by atoms with van der Waals surface area (Å²) in [6, 6.07) is 18.7. The number of unbranched alkanes of at least 4 members (excludes halogenated alkanes) is 4. The number of carboxylic acid groups (broad SMARTS) is 1. The van der Waals surface area contributed by atoms with Gasteiger partial charge in [0.2, 0.25) is 0 Å². The van der Waals surface area contributed by atoms with Crippen molar-refractivity contribution < 1.29 is 32.6 Å². The minimum atomic E-state index is -4.49. The Balaban J connectivity index is 1.40. The lowest BCUT2D eigenvalue weighted by atomic mass is 9.86. The van der Waals surface area contributed by atoms with E-state index in [4.69, 9.17) is 9.84 Å². The fourth-order valence-corrected chi connectivity index (χ4v) is 4.61. The number of ether oxygens (including phenoxy) is 1. The van der Waals surface area contributed by atoms with E-state index in [0.717, 1.165) is 55.7 Å². The fourth-order valence-electron chi connectivity index (χ4n) is 4.61. The molecule has 8 heteroatoms. The summed E-state index contributed by atoms with van der Waals surface area (Å²) in [5, 5.41) is 11.2. The number of amides is 1. The van der Waals surface area contributed by atoms with Gasteiger partial charge in [0.1, 0.15) is 5.75 Å². The Morgan fingerprint density at radius 1 is 0.833 bits per heavy atom. The van der Waals surface area contributed by atoms with E-state index < -0.39 is 17.7 Å². The first-order valence-electron chi connectivity index (χ1n) is 14.4. The molecule has 3 rings (SSSR count). The van der Waals surface area contributed by atoms with Gasteiger partial charge in [0.25, 0.3) is 5.91 Å². The van der Waals surface area contributed by atoms with Crippen LogP contribution in [0.4, 0.5) is 13.2 Å². The standard InChI is InChI=1S/C34H40F3NO4/c1-33(2,3)27-16-14-25(15-17-27)29-19-18-28(23-30(29)34(35,36)37)42-22-8-6-4-5-7-9-24-10-12-26(13-11-24)32(41)38-21-20-31(39)40/h10-19,23H,4-9,20-22H2,1-3H3,(H,38,41)(H,39,40). The van der Waals surface area contributed by atoms with E-state index in [2.05, 4.69) is 26.1 Å². The van der Waals surface area contributed by atoms with Crippen LogP contribution in [0.25, 0.3) is 11.1 Å². The Kier molecular flexibility index (Phi) is 11.6. The van der Waals surface area contributed by atoms with E-state index >= 15 is 0 Å². The van der Waals surface area contributed by atoms with Gasteiger partial charge in [0.05, 0.1) is 18.6 Å². The summed E-state index contributed by atoms with van der Waals surface area (Å²) < 4.78 is 47.4. The number of carbonyl (C=O) groups excluding carboxylic acids is 1. The highest BCUT2D eigenvalue weighted by Crippen LogP contribution is 2.39. The van der Waals surface area contributed by atoms with Crippen molar-refractivity contribution >= 4 is 11.9 Å². The van der Waals surface area contributed by atoms with Crippen LogP contribution in [-0.4, -0.2) is 30.1 Å². The highest BCUT2D eigenvalue weighted by atomic mass is 19.4. The van der Waals surface area contributed by atoms with Gasteiger partial charge in [0.15, 0.2) is 0 Å². The second-order valence-electron chi connectivity index (χ2n) is 11.5. The van der Waals surface area contributed by atoms with Crippen LogP contribution < -0.4 is 10.1 Å². The first-order chi connectivity index (χ1) is 19.8. The summed E-state index contributed by atoms with van der Waals surface area (Å²) in [5.41, 5.74) is 2.57. The molecule has 0 saturated heterocycles. The van der Waals surface area contributed by atoms with E-state index in [1.54, 1.807) is 30.3 Å². The van der Waals surface area contributed by atoms with E-state index in [1.807, 2.05) is 24.3 Å². The average molecular weight is 584 g/mol. The summed E-state index contributed by atoms with van der Waals surface area (Å²) in [6.45, 7) is 6.64. The number of rotatable bonds is 14. The minimum absolute atomic E-state index is 0.0798. The number of carboxylic acids is 1. The van der Waals surface area contributed by atoms with E-state index in [-0.39, 0.29) is 35.6 Å². The third kappa shape index (κ3) is 10.2. The van der Waals surface area contributed by atoms with E-state index in [1.165, 1.54) is 6.07 Å². The fraction of sp³-hybridized carbons (Fsp3) is 0.412. The molecule has 0 radical (unpaired) electrons. The lowest BCUT2D eigenvalue weighted by Gasteiger charge is -2.20. The molecule has 226 valence electrons. The van der Waals surface area contributed by atoms with Gasteiger partial charge in [-0.2, -0.15) is 13.2 Å². The van der Waals surface area contributed by atoms with Gasteiger partial charge in [-0.1, -0.05) is 82.5 Å². The van der Waals surface area contributed by atoms with Gasteiger partial charge in [0, 0.05) is 12.1 Å². The average Bonchev–Trinajstić information content (AvgIpc) is 2.93. The summed E-state index contributed by atoms with van der Waals surface area (Å²) >= 11 is 0. The number of aliphatic carboxylic acids is 1. The number of hydrogen-bond donors (Lipinski definition) is 2. The van der Waals surface area contributed by atoms with Crippen molar-refractivity contribution in [2.75, 3.05) is 13.2 Å². The van der Waals surface area contributed by atoms with E-state index in [9.17, 15) is 22.8 Å². The van der Waals surface area contributed by atoms with Crippen molar-refractivity contribution in [1.29, 1.82) is 0 Å². The van der Waals surface area contributed by atoms with Gasteiger partial charge >= 0.3 is 12.1 Å². The molecule has 42 heavy (non-hydrogen) atoms. The molecule has 1 amide bonds. The third-order valence-electron chi connectivity index (χ3n) is 7.08. The first-order valence-corrected chi connectivity index (χ1v) is 14.4. The topological polar surface area (TPSA) is 75.6 Å². The molecule has 0 bridgehead atoms. The van der Waals surface area contributed by atoms with Gasteiger partial charge < -0.3 is 15.2 Å². The van der Waals surface area contributed by atoms with Crippen molar-refractivity contribution in [2.45, 2.75) is 77.3 Å². The van der Waals surface area contributed by atoms with Crippen molar-refractivity contribution in [3.8, 4) is 16.9 Å². The van der Waals surface area contributed by atoms with Crippen LogP contribution in [0.1, 0.15) is 86.3 Å². The predicted octanol–water partition coefficient (Wildman–Crippen LogP) is 8.45. The maximum Gasteiger partial charge on any atom is 0.417 e. The van der Waals surface area contributed by atoms with Gasteiger partial charge in [-0.25, -0.2) is 0 Å². The Bertz CT molecular complexity index is 1310. The highest BCUT2D eigenvalue weighted by Gasteiger charge is 2.34. The molecule has 0 aromatic heterocycles. The van der Waals surface area contributed by atoms with Crippen molar-refractivity contribution in [2.24, 2.45) is 0 Å². The molecule has 3 aromatic carbocycles. The Hall–Kier alpha value is -3.81. The normalized spacial score (nSPS) is 11.8. The van der Waals surface area contributed by atoms with Gasteiger partial charge in [-0.3, -0.25) is 9.59 Å². The molecule has 0 aliphatic heterocycles. The molecule has 0 fully saturated rings. The molecule has 0 spiro atoms. The highest BCUT2D eigenvalue weighted by molar-refractivity contribution is 5.94. The smallest absolute Gasteiger partial charge is 0.417 e. The van der Waals surface area contributed by atoms with Crippen LogP contribution >= 0.6 is 0 Å². The number of halogens is 3. The number of alkyl halides is 3. The van der Waals surface area contributed by atoms with Crippen LogP contribution in [-0.2, 0) is 22.8 Å². The molecule has 0 saturated carbocycles. The minimum Gasteiger partial charge on any atom is -0.494 e. The zero-order valence-electron chi connectivity index (χ0n) is 24.5.